The third-order valence-corrected chi connectivity index (χ3v) is 3.24. The molecule has 0 bridgehead atoms. The van der Waals surface area contributed by atoms with Crippen molar-refractivity contribution in [2.75, 3.05) is 5.32 Å². The van der Waals surface area contributed by atoms with Gasteiger partial charge in [-0.05, 0) is 30.0 Å². The minimum atomic E-state index is 0.569. The summed E-state index contributed by atoms with van der Waals surface area (Å²) in [5, 5.41) is 13.6. The molecule has 0 aliphatic heterocycles. The van der Waals surface area contributed by atoms with E-state index in [0.717, 1.165) is 26.9 Å². The normalized spacial score (nSPS) is 9.80. The second-order valence-electron chi connectivity index (χ2n) is 2.60. The van der Waals surface area contributed by atoms with Gasteiger partial charge in [0, 0.05) is 4.90 Å². The van der Waals surface area contributed by atoms with Gasteiger partial charge in [-0.1, -0.05) is 11.3 Å². The van der Waals surface area contributed by atoms with E-state index in [4.69, 9.17) is 5.26 Å². The number of thioether (sulfide) groups is 1. The van der Waals surface area contributed by atoms with Crippen molar-refractivity contribution < 1.29 is 4.79 Å². The van der Waals surface area contributed by atoms with Gasteiger partial charge in [0.05, 0.1) is 10.2 Å². The average molecular weight is 235 g/mol. The first kappa shape index (κ1) is 9.96. The van der Waals surface area contributed by atoms with Crippen molar-refractivity contribution in [3.05, 3.63) is 18.2 Å². The Morgan fingerprint density at radius 2 is 2.47 bits per heavy atom. The standard InChI is InChI=1S/C9H5N3OS2/c10-4-14-6-1-2-7-8(3-6)15-9(12-7)11-5-13/h1-3,5H,(H,11,12,13). The molecule has 0 spiro atoms. The SMILES string of the molecule is N#CSc1ccc2nc(NC=O)sc2c1. The number of rotatable bonds is 3. The Hall–Kier alpha value is -1.58. The summed E-state index contributed by atoms with van der Waals surface area (Å²) >= 11 is 2.49. The van der Waals surface area contributed by atoms with Crippen LogP contribution in [0.3, 0.4) is 0 Å². The predicted molar refractivity (Wildman–Crippen MR) is 60.8 cm³/mol. The molecular weight excluding hydrogens is 230 g/mol. The highest BCUT2D eigenvalue weighted by Gasteiger charge is 2.03. The number of nitrogens with zero attached hydrogens (tertiary/aromatic N) is 2. The van der Waals surface area contributed by atoms with Gasteiger partial charge in [0.15, 0.2) is 5.13 Å². The van der Waals surface area contributed by atoms with Crippen LogP contribution in [0.15, 0.2) is 23.1 Å². The van der Waals surface area contributed by atoms with Crippen LogP contribution in [-0.4, -0.2) is 11.4 Å². The van der Waals surface area contributed by atoms with Crippen LogP contribution in [0.2, 0.25) is 0 Å². The number of thiocyanates is 1. The van der Waals surface area contributed by atoms with Gasteiger partial charge >= 0.3 is 0 Å². The molecule has 4 nitrogen and oxygen atoms in total. The Bertz CT molecular complexity index is 544. The molecule has 0 saturated carbocycles. The first-order valence-electron chi connectivity index (χ1n) is 4.00. The highest BCUT2D eigenvalue weighted by molar-refractivity contribution is 8.03. The minimum absolute atomic E-state index is 0.569. The van der Waals surface area contributed by atoms with Gasteiger partial charge in [0.25, 0.3) is 0 Å². The monoisotopic (exact) mass is 235 g/mol. The van der Waals surface area contributed by atoms with E-state index in [1.807, 2.05) is 23.6 Å². The van der Waals surface area contributed by atoms with Crippen LogP contribution < -0.4 is 5.32 Å². The third kappa shape index (κ3) is 2.09. The third-order valence-electron chi connectivity index (χ3n) is 1.71. The van der Waals surface area contributed by atoms with Crippen LogP contribution in [0.25, 0.3) is 10.2 Å². The number of amides is 1. The van der Waals surface area contributed by atoms with Crippen molar-refractivity contribution in [1.82, 2.24) is 4.98 Å². The zero-order valence-corrected chi connectivity index (χ0v) is 9.06. The van der Waals surface area contributed by atoms with E-state index in [0.29, 0.717) is 11.5 Å². The number of hydrogen-bond donors (Lipinski definition) is 1. The van der Waals surface area contributed by atoms with Gasteiger partial charge in [-0.3, -0.25) is 4.79 Å². The van der Waals surface area contributed by atoms with E-state index in [1.165, 1.54) is 11.3 Å². The first-order chi connectivity index (χ1) is 7.33. The largest absolute Gasteiger partial charge is 0.305 e. The lowest BCUT2D eigenvalue weighted by molar-refractivity contribution is -0.105. The molecule has 0 aliphatic carbocycles. The number of hydrogen-bond acceptors (Lipinski definition) is 5. The molecule has 6 heteroatoms. The first-order valence-corrected chi connectivity index (χ1v) is 5.63. The summed E-state index contributed by atoms with van der Waals surface area (Å²) in [4.78, 5) is 15.3. The second kappa shape index (κ2) is 4.29. The fraction of sp³-hybridized carbons (Fsp3) is 0. The molecule has 0 atom stereocenters. The highest BCUT2D eigenvalue weighted by atomic mass is 32.2. The number of nitriles is 1. The summed E-state index contributed by atoms with van der Waals surface area (Å²) in [7, 11) is 0. The number of fused-ring (bicyclic) bond motifs is 1. The molecule has 0 saturated heterocycles. The zero-order valence-electron chi connectivity index (χ0n) is 7.43. The van der Waals surface area contributed by atoms with Crippen molar-refractivity contribution in [1.29, 1.82) is 5.26 Å². The summed E-state index contributed by atoms with van der Waals surface area (Å²) in [6.07, 6.45) is 0.600. The molecule has 0 aliphatic rings. The van der Waals surface area contributed by atoms with Crippen molar-refractivity contribution in [3.8, 4) is 5.40 Å². The molecule has 0 fully saturated rings. The summed E-state index contributed by atoms with van der Waals surface area (Å²) in [6.45, 7) is 0. The van der Waals surface area contributed by atoms with Gasteiger partial charge in [0.1, 0.15) is 5.40 Å². The molecule has 0 radical (unpaired) electrons. The van der Waals surface area contributed by atoms with Crippen molar-refractivity contribution in [3.63, 3.8) is 0 Å². The highest BCUT2D eigenvalue weighted by Crippen LogP contribution is 2.29. The summed E-state index contributed by atoms with van der Waals surface area (Å²) in [6, 6.07) is 5.55. The Morgan fingerprint density at radius 3 is 3.20 bits per heavy atom. The van der Waals surface area contributed by atoms with E-state index in [9.17, 15) is 4.79 Å². The Balaban J connectivity index is 2.43. The summed E-state index contributed by atoms with van der Waals surface area (Å²) in [5.41, 5.74) is 0.826. The minimum Gasteiger partial charge on any atom is -0.305 e. The van der Waals surface area contributed by atoms with Crippen LogP contribution in [0, 0.1) is 10.7 Å². The molecule has 2 rings (SSSR count). The maximum absolute atomic E-state index is 10.2. The molecule has 74 valence electrons. The number of carbonyl (C=O) groups is 1. The van der Waals surface area contributed by atoms with Crippen LogP contribution in [0.5, 0.6) is 0 Å². The van der Waals surface area contributed by atoms with Crippen LogP contribution in [-0.2, 0) is 4.79 Å². The fourth-order valence-electron chi connectivity index (χ4n) is 1.13. The molecule has 0 unspecified atom stereocenters. The molecule has 1 heterocycles. The lowest BCUT2D eigenvalue weighted by Gasteiger charge is -1.91. The molecule has 1 aromatic carbocycles. The fourth-order valence-corrected chi connectivity index (χ4v) is 2.49. The van der Waals surface area contributed by atoms with Crippen LogP contribution in [0.1, 0.15) is 0 Å². The number of nitrogens with one attached hydrogen (secondary N) is 1. The average Bonchev–Trinajstić information content (AvgIpc) is 2.60. The molecule has 1 N–H and O–H groups in total. The van der Waals surface area contributed by atoms with Crippen LogP contribution >= 0.6 is 23.1 Å². The van der Waals surface area contributed by atoms with Crippen molar-refractivity contribution >= 4 is 44.9 Å². The van der Waals surface area contributed by atoms with Gasteiger partial charge in [-0.25, -0.2) is 4.98 Å². The maximum Gasteiger partial charge on any atom is 0.213 e. The number of thiazole rings is 1. The molecule has 1 aromatic heterocycles. The lowest BCUT2D eigenvalue weighted by Crippen LogP contribution is -1.91. The Labute approximate surface area is 93.9 Å². The molecule has 1 amide bonds. The summed E-state index contributed by atoms with van der Waals surface area (Å²) in [5.74, 6) is 0. The van der Waals surface area contributed by atoms with E-state index < -0.39 is 0 Å². The van der Waals surface area contributed by atoms with E-state index in [1.54, 1.807) is 0 Å². The van der Waals surface area contributed by atoms with Crippen LogP contribution in [0.4, 0.5) is 5.13 Å². The van der Waals surface area contributed by atoms with Gasteiger partial charge < -0.3 is 5.32 Å². The number of benzene rings is 1. The quantitative estimate of drug-likeness (QED) is 0.504. The van der Waals surface area contributed by atoms with Crippen molar-refractivity contribution in [2.24, 2.45) is 0 Å². The number of anilines is 1. The smallest absolute Gasteiger partial charge is 0.213 e. The lowest BCUT2D eigenvalue weighted by atomic mass is 10.3. The maximum atomic E-state index is 10.2. The zero-order chi connectivity index (χ0) is 10.7. The van der Waals surface area contributed by atoms with E-state index in [2.05, 4.69) is 10.3 Å². The Morgan fingerprint density at radius 1 is 1.60 bits per heavy atom. The molecule has 15 heavy (non-hydrogen) atoms. The number of aromatic nitrogens is 1. The molecular formula is C9H5N3OS2. The van der Waals surface area contributed by atoms with Gasteiger partial charge in [-0.2, -0.15) is 5.26 Å². The van der Waals surface area contributed by atoms with E-state index in [-0.39, 0.29) is 0 Å². The number of carbonyl (C=O) groups excluding carboxylic acids is 1. The molecule has 2 aromatic rings. The van der Waals surface area contributed by atoms with Gasteiger partial charge in [0.2, 0.25) is 6.41 Å². The Kier molecular flexibility index (Phi) is 2.85. The summed E-state index contributed by atoms with van der Waals surface area (Å²) < 4.78 is 0.958. The van der Waals surface area contributed by atoms with Gasteiger partial charge in [-0.15, -0.1) is 0 Å². The van der Waals surface area contributed by atoms with E-state index >= 15 is 0 Å². The topological polar surface area (TPSA) is 65.8 Å². The second-order valence-corrected chi connectivity index (χ2v) is 4.49. The van der Waals surface area contributed by atoms with Crippen molar-refractivity contribution in [2.45, 2.75) is 4.90 Å². The predicted octanol–water partition coefficient (Wildman–Crippen LogP) is 2.44.